The van der Waals surface area contributed by atoms with Gasteiger partial charge in [-0.05, 0) is 24.3 Å². The summed E-state index contributed by atoms with van der Waals surface area (Å²) in [6.45, 7) is 6.55. The molecule has 3 aromatic rings. The molecule has 0 N–H and O–H groups in total. The van der Waals surface area contributed by atoms with Gasteiger partial charge in [-0.2, -0.15) is 6.08 Å². The largest absolute Gasteiger partial charge is 1.00 e. The summed E-state index contributed by atoms with van der Waals surface area (Å²) >= 11 is 0. The Kier molecular flexibility index (Phi) is 11.1. The van der Waals surface area contributed by atoms with Crippen LogP contribution in [-0.4, -0.2) is 54.8 Å². The second kappa shape index (κ2) is 14.0. The number of amides is 1. The average Bonchev–Trinajstić information content (AvgIpc) is 2.89. The molecule has 1 amide bonds. The van der Waals surface area contributed by atoms with E-state index >= 15 is 0 Å². The van der Waals surface area contributed by atoms with E-state index in [1.165, 1.54) is 31.4 Å². The van der Waals surface area contributed by atoms with Crippen LogP contribution in [0.15, 0.2) is 79.0 Å². The van der Waals surface area contributed by atoms with Gasteiger partial charge < -0.3 is 31.7 Å². The van der Waals surface area contributed by atoms with E-state index in [2.05, 4.69) is 22.9 Å². The predicted octanol–water partition coefficient (Wildman–Crippen LogP) is 1.17. The van der Waals surface area contributed by atoms with Crippen molar-refractivity contribution in [3.05, 3.63) is 114 Å². The van der Waals surface area contributed by atoms with Gasteiger partial charge in [0.2, 0.25) is 0 Å². The van der Waals surface area contributed by atoms with E-state index in [0.717, 1.165) is 37.6 Å². The molecule has 2 heterocycles. The van der Waals surface area contributed by atoms with E-state index in [1.807, 2.05) is 48.5 Å². The Labute approximate surface area is 218 Å². The maximum atomic E-state index is 13.2. The maximum Gasteiger partial charge on any atom is 1.00 e. The third-order valence-electron chi connectivity index (χ3n) is 5.20. The number of ether oxygens (including phenoxy) is 1. The Bertz CT molecular complexity index is 1120. The van der Waals surface area contributed by atoms with Crippen molar-refractivity contribution in [2.45, 2.75) is 0 Å². The summed E-state index contributed by atoms with van der Waals surface area (Å²) in [5, 5.41) is 9.91. The fraction of sp³-hybridized carbons (Fsp3) is 0.185. The number of halogens is 1. The quantitative estimate of drug-likeness (QED) is 0.323. The van der Waals surface area contributed by atoms with Gasteiger partial charge in [0.25, 0.3) is 0 Å². The number of allylic oxidation sites excluding steroid dienone is 1. The standard InChI is InChI=1S/C16H12FNO.C11H14N3O.Li/c1-19-16-11-13(8-9-14(16)17)15(18)10-7-12-5-3-2-4-6-12;1-10(15)13-6-8-14(9-7-13)11-4-2-3-5-12-11;/h2-6,8-11H,1H3;2-5H,1,6-9H2;/q-2;-1;+1. The molecular weight excluding hydrogens is 438 g/mol. The SMILES string of the molecule is COc1cc(C(=[N-])C=[C-]c2ccccc2)ccc1F.[CH2-]C(=O)N1CCN(c2ccccn2)CC1.[Li+]. The van der Waals surface area contributed by atoms with Crippen LogP contribution in [0, 0.1) is 18.8 Å². The number of methoxy groups -OCH3 is 1. The van der Waals surface area contributed by atoms with Gasteiger partial charge in [-0.25, -0.2) is 15.1 Å². The first-order valence-electron chi connectivity index (χ1n) is 10.8. The zero-order valence-electron chi connectivity index (χ0n) is 20.0. The third kappa shape index (κ3) is 8.32. The first-order chi connectivity index (χ1) is 16.5. The van der Waals surface area contributed by atoms with Crippen LogP contribution >= 0.6 is 0 Å². The number of carbonyl (C=O) groups is 1. The summed E-state index contributed by atoms with van der Waals surface area (Å²) in [6.07, 6.45) is 6.18. The molecule has 35 heavy (non-hydrogen) atoms. The minimum Gasteiger partial charge on any atom is -0.855 e. The molecule has 6 nitrogen and oxygen atoms in total. The van der Waals surface area contributed by atoms with Crippen LogP contribution in [0.4, 0.5) is 10.2 Å². The van der Waals surface area contributed by atoms with Gasteiger partial charge in [-0.3, -0.25) is 0 Å². The maximum absolute atomic E-state index is 13.2. The van der Waals surface area contributed by atoms with Crippen molar-refractivity contribution >= 4 is 17.4 Å². The van der Waals surface area contributed by atoms with Gasteiger partial charge in [0.1, 0.15) is 5.82 Å². The van der Waals surface area contributed by atoms with Gasteiger partial charge >= 0.3 is 18.9 Å². The minimum atomic E-state index is -0.463. The number of carbonyl (C=O) groups excluding carboxylic acids is 1. The molecule has 0 unspecified atom stereocenters. The third-order valence-corrected chi connectivity index (χ3v) is 5.20. The zero-order valence-corrected chi connectivity index (χ0v) is 20.0. The normalized spacial score (nSPS) is 12.9. The first-order valence-corrected chi connectivity index (χ1v) is 10.8. The predicted molar refractivity (Wildman–Crippen MR) is 132 cm³/mol. The van der Waals surface area contributed by atoms with Crippen LogP contribution < -0.4 is 28.5 Å². The van der Waals surface area contributed by atoms with Gasteiger partial charge in [0, 0.05) is 32.4 Å². The number of benzene rings is 2. The molecule has 0 radical (unpaired) electrons. The van der Waals surface area contributed by atoms with Crippen molar-refractivity contribution < 1.29 is 32.8 Å². The Balaban J connectivity index is 0.000000246. The number of pyridine rings is 1. The number of piperazine rings is 1. The number of nitrogens with zero attached hydrogens (tertiary/aromatic N) is 4. The van der Waals surface area contributed by atoms with Crippen LogP contribution in [-0.2, 0) is 4.79 Å². The summed E-state index contributed by atoms with van der Waals surface area (Å²) < 4.78 is 18.1. The Morgan fingerprint density at radius 3 is 2.37 bits per heavy atom. The molecule has 0 bridgehead atoms. The van der Waals surface area contributed by atoms with Crippen molar-refractivity contribution in [3.63, 3.8) is 0 Å². The van der Waals surface area contributed by atoms with Crippen molar-refractivity contribution in [2.24, 2.45) is 0 Å². The molecule has 0 atom stereocenters. The fourth-order valence-corrected chi connectivity index (χ4v) is 3.31. The first kappa shape index (κ1) is 27.7. The fourth-order valence-electron chi connectivity index (χ4n) is 3.31. The summed E-state index contributed by atoms with van der Waals surface area (Å²) in [5.41, 5.74) is 1.33. The van der Waals surface area contributed by atoms with E-state index in [0.29, 0.717) is 5.56 Å². The monoisotopic (exact) mass is 464 g/mol. The van der Waals surface area contributed by atoms with Crippen LogP contribution in [0.5, 0.6) is 5.75 Å². The summed E-state index contributed by atoms with van der Waals surface area (Å²) in [6, 6.07) is 19.4. The second-order valence-corrected chi connectivity index (χ2v) is 7.45. The number of hydrogen-bond donors (Lipinski definition) is 0. The number of hydrogen-bond acceptors (Lipinski definition) is 4. The van der Waals surface area contributed by atoms with E-state index in [-0.39, 0.29) is 36.2 Å². The van der Waals surface area contributed by atoms with E-state index in [9.17, 15) is 14.6 Å². The van der Waals surface area contributed by atoms with Crippen molar-refractivity contribution in [1.29, 1.82) is 0 Å². The summed E-state index contributed by atoms with van der Waals surface area (Å²) in [7, 11) is 1.38. The van der Waals surface area contributed by atoms with Crippen molar-refractivity contribution in [2.75, 3.05) is 38.2 Å². The Morgan fingerprint density at radius 2 is 1.77 bits per heavy atom. The van der Waals surface area contributed by atoms with E-state index in [1.54, 1.807) is 11.1 Å². The number of aromatic nitrogens is 1. The molecule has 1 aromatic heterocycles. The summed E-state index contributed by atoms with van der Waals surface area (Å²) in [4.78, 5) is 19.2. The van der Waals surface area contributed by atoms with Crippen LogP contribution in [0.2, 0.25) is 0 Å². The van der Waals surface area contributed by atoms with Gasteiger partial charge in [0.15, 0.2) is 11.6 Å². The molecular formula is C27H26FLiN4O2-2. The molecule has 8 heteroatoms. The van der Waals surface area contributed by atoms with Gasteiger partial charge in [-0.15, -0.1) is 35.9 Å². The molecule has 1 saturated heterocycles. The molecule has 0 aliphatic carbocycles. The molecule has 4 rings (SSSR count). The van der Waals surface area contributed by atoms with E-state index in [4.69, 9.17) is 4.74 Å². The van der Waals surface area contributed by atoms with Crippen LogP contribution in [0.1, 0.15) is 11.1 Å². The van der Waals surface area contributed by atoms with E-state index < -0.39 is 5.82 Å². The van der Waals surface area contributed by atoms with Crippen LogP contribution in [0.3, 0.4) is 0 Å². The Hall–Kier alpha value is -3.53. The smallest absolute Gasteiger partial charge is 0.855 e. The summed E-state index contributed by atoms with van der Waals surface area (Å²) in [5.74, 6) is 0.525. The molecule has 176 valence electrons. The molecule has 0 spiro atoms. The molecule has 0 saturated carbocycles. The molecule has 1 aliphatic rings. The minimum absolute atomic E-state index is 0. The zero-order chi connectivity index (χ0) is 24.3. The van der Waals surface area contributed by atoms with Gasteiger partial charge in [-0.1, -0.05) is 23.8 Å². The average molecular weight is 464 g/mol. The van der Waals surface area contributed by atoms with Crippen molar-refractivity contribution in [3.8, 4) is 5.75 Å². The molecule has 2 aromatic carbocycles. The number of anilines is 1. The number of rotatable bonds is 5. The van der Waals surface area contributed by atoms with Crippen molar-refractivity contribution in [1.82, 2.24) is 9.88 Å². The van der Waals surface area contributed by atoms with Gasteiger partial charge in [0.05, 0.1) is 13.0 Å². The van der Waals surface area contributed by atoms with Crippen LogP contribution in [0.25, 0.3) is 5.41 Å². The second-order valence-electron chi connectivity index (χ2n) is 7.45. The molecule has 1 fully saturated rings. The molecule has 1 aliphatic heterocycles. The topological polar surface area (TPSA) is 68.0 Å². The Morgan fingerprint density at radius 1 is 1.09 bits per heavy atom.